The fraction of sp³-hybridized carbons (Fsp3) is 0.167. The fourth-order valence-electron chi connectivity index (χ4n) is 5.26. The molecule has 0 saturated carbocycles. The predicted molar refractivity (Wildman–Crippen MR) is 182 cm³/mol. The Labute approximate surface area is 284 Å². The summed E-state index contributed by atoms with van der Waals surface area (Å²) < 4.78 is 26.1. The van der Waals surface area contributed by atoms with Crippen LogP contribution in [0, 0.1) is 12.7 Å². The Morgan fingerprint density at radius 1 is 0.979 bits per heavy atom. The van der Waals surface area contributed by atoms with Gasteiger partial charge in [-0.25, -0.2) is 4.39 Å². The maximum Gasteiger partial charge on any atom is 0.301 e. The molecular weight excluding hydrogens is 654 g/mol. The molecule has 2 heterocycles. The summed E-state index contributed by atoms with van der Waals surface area (Å²) in [7, 11) is 0. The van der Waals surface area contributed by atoms with E-state index in [4.69, 9.17) is 9.47 Å². The zero-order chi connectivity index (χ0) is 33.8. The summed E-state index contributed by atoms with van der Waals surface area (Å²) in [5, 5.41) is 30.5. The van der Waals surface area contributed by atoms with E-state index >= 15 is 0 Å². The second kappa shape index (κ2) is 14.3. The highest BCUT2D eigenvalue weighted by atomic mass is 32.2. The Kier molecular flexibility index (Phi) is 9.74. The summed E-state index contributed by atoms with van der Waals surface area (Å²) in [5.74, 6) is -1.70. The molecule has 4 aromatic carbocycles. The molecular formula is C36H30FN3O6S2. The van der Waals surface area contributed by atoms with E-state index in [1.165, 1.54) is 34.9 Å². The molecule has 1 saturated heterocycles. The van der Waals surface area contributed by atoms with E-state index in [1.807, 2.05) is 31.2 Å². The maximum atomic E-state index is 14.2. The summed E-state index contributed by atoms with van der Waals surface area (Å²) in [6.45, 7) is 4.37. The highest BCUT2D eigenvalue weighted by Gasteiger charge is 2.48. The lowest BCUT2D eigenvalue weighted by atomic mass is 9.95. The van der Waals surface area contributed by atoms with Gasteiger partial charge in [0, 0.05) is 11.3 Å². The van der Waals surface area contributed by atoms with Gasteiger partial charge in [0.1, 0.15) is 23.9 Å². The minimum absolute atomic E-state index is 0.114. The van der Waals surface area contributed by atoms with Gasteiger partial charge in [-0.05, 0) is 73.0 Å². The number of carbonyl (C=O) groups excluding carboxylic acids is 2. The van der Waals surface area contributed by atoms with Crippen molar-refractivity contribution < 1.29 is 33.7 Å². The summed E-state index contributed by atoms with van der Waals surface area (Å²) >= 11 is 2.30. The van der Waals surface area contributed by atoms with E-state index in [0.29, 0.717) is 33.4 Å². The first kappa shape index (κ1) is 32.7. The molecule has 1 atom stereocenters. The van der Waals surface area contributed by atoms with Crippen LogP contribution in [0.3, 0.4) is 0 Å². The molecule has 0 aliphatic carbocycles. The smallest absolute Gasteiger partial charge is 0.301 e. The molecule has 1 aromatic heterocycles. The molecule has 244 valence electrons. The van der Waals surface area contributed by atoms with Crippen molar-refractivity contribution in [3.05, 3.63) is 130 Å². The number of aromatic nitrogens is 2. The topological polar surface area (TPSA) is 122 Å². The second-order valence-electron chi connectivity index (χ2n) is 10.9. The van der Waals surface area contributed by atoms with Crippen LogP contribution in [-0.2, 0) is 21.9 Å². The van der Waals surface area contributed by atoms with Gasteiger partial charge < -0.3 is 19.7 Å². The largest absolute Gasteiger partial charge is 0.507 e. The van der Waals surface area contributed by atoms with Crippen molar-refractivity contribution in [1.82, 2.24) is 10.2 Å². The van der Waals surface area contributed by atoms with E-state index in [2.05, 4.69) is 10.2 Å². The number of anilines is 1. The van der Waals surface area contributed by atoms with Crippen LogP contribution in [0.1, 0.15) is 40.8 Å². The number of phenols is 1. The number of rotatable bonds is 11. The van der Waals surface area contributed by atoms with Crippen molar-refractivity contribution in [3.8, 4) is 17.2 Å². The molecule has 9 nitrogen and oxygen atoms in total. The summed E-state index contributed by atoms with van der Waals surface area (Å²) in [4.78, 5) is 28.5. The van der Waals surface area contributed by atoms with E-state index in [1.54, 1.807) is 55.5 Å². The number of aryl methyl sites for hydroxylation is 1. The molecule has 1 aliphatic heterocycles. The van der Waals surface area contributed by atoms with Crippen LogP contribution in [0.5, 0.6) is 17.2 Å². The Bertz CT molecular complexity index is 2010. The molecule has 12 heteroatoms. The Morgan fingerprint density at radius 2 is 1.77 bits per heavy atom. The summed E-state index contributed by atoms with van der Waals surface area (Å²) in [6, 6.07) is 24.3. The number of thioether (sulfide) groups is 1. The first-order chi connectivity index (χ1) is 23.2. The number of phenolic OH excluding ortho intramolecular Hbond substituents is 1. The lowest BCUT2D eigenvalue weighted by Crippen LogP contribution is -2.29. The van der Waals surface area contributed by atoms with Crippen molar-refractivity contribution >= 4 is 45.7 Å². The zero-order valence-electron chi connectivity index (χ0n) is 25.9. The molecule has 2 N–H and O–H groups in total. The molecule has 5 aromatic rings. The number of ether oxygens (including phenoxy) is 2. The summed E-state index contributed by atoms with van der Waals surface area (Å²) in [5.41, 5.74) is 3.13. The molecule has 1 aliphatic rings. The SMILES string of the molecule is CCOc1cc(C2/C(=C(\O)c3ccc(OCc4cccc(C)c4)cc3)C(=O)C(=O)N2c2nnc(SCc3ccccc3F)s2)ccc1O. The number of hydrogen-bond acceptors (Lipinski definition) is 10. The first-order valence-electron chi connectivity index (χ1n) is 15.0. The number of benzene rings is 4. The number of carbonyl (C=O) groups is 2. The third-order valence-corrected chi connectivity index (χ3v) is 9.68. The number of aromatic hydroxyl groups is 1. The second-order valence-corrected chi connectivity index (χ2v) is 13.0. The highest BCUT2D eigenvalue weighted by molar-refractivity contribution is 8.00. The van der Waals surface area contributed by atoms with Gasteiger partial charge in [0.05, 0.1) is 18.2 Å². The molecule has 6 rings (SSSR count). The molecule has 0 bridgehead atoms. The Balaban J connectivity index is 1.34. The van der Waals surface area contributed by atoms with Crippen LogP contribution < -0.4 is 14.4 Å². The Morgan fingerprint density at radius 3 is 2.52 bits per heavy atom. The average Bonchev–Trinajstić information content (AvgIpc) is 3.66. The first-order valence-corrected chi connectivity index (χ1v) is 16.8. The van der Waals surface area contributed by atoms with Crippen LogP contribution in [0.4, 0.5) is 9.52 Å². The predicted octanol–water partition coefficient (Wildman–Crippen LogP) is 7.59. The van der Waals surface area contributed by atoms with Crippen LogP contribution in [-0.4, -0.2) is 38.7 Å². The van der Waals surface area contributed by atoms with Crippen molar-refractivity contribution in [2.75, 3.05) is 11.5 Å². The number of amides is 1. The lowest BCUT2D eigenvalue weighted by molar-refractivity contribution is -0.132. The number of aliphatic hydroxyl groups is 1. The van der Waals surface area contributed by atoms with Crippen LogP contribution in [0.15, 0.2) is 101 Å². The zero-order valence-corrected chi connectivity index (χ0v) is 27.6. The van der Waals surface area contributed by atoms with E-state index in [0.717, 1.165) is 22.5 Å². The van der Waals surface area contributed by atoms with Crippen molar-refractivity contribution in [3.63, 3.8) is 0 Å². The quantitative estimate of drug-likeness (QED) is 0.0477. The number of ketones is 1. The molecule has 48 heavy (non-hydrogen) atoms. The van der Waals surface area contributed by atoms with E-state index < -0.39 is 23.5 Å². The van der Waals surface area contributed by atoms with E-state index in [9.17, 15) is 24.2 Å². The van der Waals surface area contributed by atoms with Crippen LogP contribution >= 0.6 is 23.1 Å². The van der Waals surface area contributed by atoms with Gasteiger partial charge in [0.2, 0.25) is 5.13 Å². The highest BCUT2D eigenvalue weighted by Crippen LogP contribution is 2.45. The normalized spacial score (nSPS) is 15.6. The van der Waals surface area contributed by atoms with Gasteiger partial charge in [0.15, 0.2) is 15.8 Å². The third-order valence-electron chi connectivity index (χ3n) is 7.57. The maximum absolute atomic E-state index is 14.2. The summed E-state index contributed by atoms with van der Waals surface area (Å²) in [6.07, 6.45) is 0. The number of hydrogen-bond donors (Lipinski definition) is 2. The van der Waals surface area contributed by atoms with E-state index in [-0.39, 0.29) is 40.4 Å². The van der Waals surface area contributed by atoms with Gasteiger partial charge in [-0.1, -0.05) is 77.2 Å². The van der Waals surface area contributed by atoms with Gasteiger partial charge in [-0.15, -0.1) is 10.2 Å². The molecule has 1 fully saturated rings. The third kappa shape index (κ3) is 6.90. The molecule has 1 amide bonds. The van der Waals surface area contributed by atoms with Gasteiger partial charge in [0.25, 0.3) is 5.78 Å². The number of aliphatic hydroxyl groups excluding tert-OH is 1. The van der Waals surface area contributed by atoms with Crippen LogP contribution in [0.25, 0.3) is 5.76 Å². The van der Waals surface area contributed by atoms with Crippen molar-refractivity contribution in [1.29, 1.82) is 0 Å². The Hall–Kier alpha value is -5.20. The molecule has 1 unspecified atom stereocenters. The molecule has 0 spiro atoms. The fourth-order valence-corrected chi connectivity index (χ4v) is 7.12. The van der Waals surface area contributed by atoms with Crippen LogP contribution in [0.2, 0.25) is 0 Å². The standard InChI is InChI=1S/C36H30FN3O6S2/c1-3-45-29-18-24(13-16-28(29)41)31-30(32(42)23-11-14-26(15-12-23)46-19-22-8-6-7-21(2)17-22)33(43)34(44)40(31)35-38-39-36(48-35)47-20-25-9-4-5-10-27(25)37/h4-18,31,41-42H,3,19-20H2,1-2H3/b32-30+. The minimum atomic E-state index is -1.13. The number of nitrogens with zero attached hydrogens (tertiary/aromatic N) is 3. The van der Waals surface area contributed by atoms with Gasteiger partial charge >= 0.3 is 5.91 Å². The molecule has 0 radical (unpaired) electrons. The number of halogens is 1. The monoisotopic (exact) mass is 683 g/mol. The lowest BCUT2D eigenvalue weighted by Gasteiger charge is -2.23. The van der Waals surface area contributed by atoms with Gasteiger partial charge in [-0.2, -0.15) is 0 Å². The van der Waals surface area contributed by atoms with Crippen molar-refractivity contribution in [2.45, 2.75) is 36.6 Å². The van der Waals surface area contributed by atoms with Crippen molar-refractivity contribution in [2.24, 2.45) is 0 Å². The van der Waals surface area contributed by atoms with Gasteiger partial charge in [-0.3, -0.25) is 14.5 Å². The number of Topliss-reactive ketones (excluding diaryl/α,β-unsaturated/α-hetero) is 1. The average molecular weight is 684 g/mol. The minimum Gasteiger partial charge on any atom is -0.507 e.